The van der Waals surface area contributed by atoms with Gasteiger partial charge in [0.1, 0.15) is 5.60 Å². The van der Waals surface area contributed by atoms with Crippen molar-refractivity contribution in [2.45, 2.75) is 57.9 Å². The van der Waals surface area contributed by atoms with E-state index in [1.807, 2.05) is 0 Å². The maximum Gasteiger partial charge on any atom is 0.407 e. The maximum atomic E-state index is 12.5. The molecule has 0 aromatic heterocycles. The van der Waals surface area contributed by atoms with Gasteiger partial charge in [-0.1, -0.05) is 0 Å². The molecule has 0 spiro atoms. The van der Waals surface area contributed by atoms with Crippen molar-refractivity contribution in [1.82, 2.24) is 10.6 Å². The molecule has 1 amide bonds. The second-order valence-electron chi connectivity index (χ2n) is 6.14. The highest BCUT2D eigenvalue weighted by molar-refractivity contribution is 5.67. The van der Waals surface area contributed by atoms with Gasteiger partial charge in [-0.2, -0.15) is 13.2 Å². The Labute approximate surface area is 117 Å². The third-order valence-corrected chi connectivity index (χ3v) is 3.14. The van der Waals surface area contributed by atoms with Gasteiger partial charge in [0.2, 0.25) is 0 Å². The van der Waals surface area contributed by atoms with Crippen LogP contribution in [0.5, 0.6) is 0 Å². The summed E-state index contributed by atoms with van der Waals surface area (Å²) in [4.78, 5) is 11.4. The molecule has 0 aromatic carbocycles. The summed E-state index contributed by atoms with van der Waals surface area (Å²) in [5, 5.41) is 5.49. The highest BCUT2D eigenvalue weighted by atomic mass is 19.4. The van der Waals surface area contributed by atoms with E-state index in [2.05, 4.69) is 10.6 Å². The monoisotopic (exact) mass is 296 g/mol. The summed E-state index contributed by atoms with van der Waals surface area (Å²) in [6.07, 6.45) is -3.40. The zero-order chi connectivity index (χ0) is 15.4. The average molecular weight is 296 g/mol. The number of rotatable bonds is 3. The van der Waals surface area contributed by atoms with Crippen molar-refractivity contribution in [2.75, 3.05) is 13.1 Å². The largest absolute Gasteiger partial charge is 0.444 e. The maximum absolute atomic E-state index is 12.5. The Hall–Kier alpha value is -0.980. The van der Waals surface area contributed by atoms with E-state index in [4.69, 9.17) is 4.74 Å². The number of hydrogen-bond acceptors (Lipinski definition) is 3. The van der Waals surface area contributed by atoms with Crippen molar-refractivity contribution in [3.05, 3.63) is 0 Å². The van der Waals surface area contributed by atoms with Crippen LogP contribution in [0.4, 0.5) is 18.0 Å². The first-order valence-electron chi connectivity index (χ1n) is 6.85. The van der Waals surface area contributed by atoms with E-state index in [0.29, 0.717) is 19.4 Å². The van der Waals surface area contributed by atoms with Gasteiger partial charge in [0.05, 0.1) is 5.92 Å². The molecule has 118 valence electrons. The van der Waals surface area contributed by atoms with E-state index >= 15 is 0 Å². The van der Waals surface area contributed by atoms with Crippen molar-refractivity contribution in [2.24, 2.45) is 5.92 Å². The van der Waals surface area contributed by atoms with Crippen LogP contribution in [0.2, 0.25) is 0 Å². The molecule has 2 atom stereocenters. The Morgan fingerprint density at radius 1 is 1.30 bits per heavy atom. The standard InChI is InChI=1S/C13H23F3N2O2/c1-12(2,3)20-11(19)17-7-6-10-5-4-9(8-18-10)13(14,15)16/h9-10,18H,4-8H2,1-3H3,(H,17,19). The first-order chi connectivity index (χ1) is 9.08. The molecule has 1 saturated heterocycles. The molecular formula is C13H23F3N2O2. The van der Waals surface area contributed by atoms with E-state index in [1.165, 1.54) is 0 Å². The topological polar surface area (TPSA) is 50.4 Å². The minimum atomic E-state index is -4.12. The van der Waals surface area contributed by atoms with Crippen LogP contribution >= 0.6 is 0 Å². The minimum Gasteiger partial charge on any atom is -0.444 e. The molecule has 20 heavy (non-hydrogen) atoms. The molecule has 0 saturated carbocycles. The van der Waals surface area contributed by atoms with Crippen molar-refractivity contribution in [1.29, 1.82) is 0 Å². The Morgan fingerprint density at radius 2 is 1.95 bits per heavy atom. The first-order valence-corrected chi connectivity index (χ1v) is 6.85. The summed E-state index contributed by atoms with van der Waals surface area (Å²) in [7, 11) is 0. The molecule has 1 heterocycles. The molecule has 1 aliphatic rings. The van der Waals surface area contributed by atoms with Gasteiger partial charge >= 0.3 is 12.3 Å². The Balaban J connectivity index is 2.18. The molecule has 2 unspecified atom stereocenters. The highest BCUT2D eigenvalue weighted by Crippen LogP contribution is 2.32. The van der Waals surface area contributed by atoms with Gasteiger partial charge in [-0.05, 0) is 40.0 Å². The fourth-order valence-electron chi connectivity index (χ4n) is 2.10. The Morgan fingerprint density at radius 3 is 2.40 bits per heavy atom. The number of carbonyl (C=O) groups is 1. The van der Waals surface area contributed by atoms with E-state index in [-0.39, 0.29) is 19.0 Å². The molecule has 0 bridgehead atoms. The van der Waals surface area contributed by atoms with Crippen LogP contribution in [0, 0.1) is 5.92 Å². The number of hydrogen-bond donors (Lipinski definition) is 2. The predicted molar refractivity (Wildman–Crippen MR) is 69.4 cm³/mol. The molecule has 1 rings (SSSR count). The van der Waals surface area contributed by atoms with E-state index in [9.17, 15) is 18.0 Å². The van der Waals surface area contributed by atoms with Crippen molar-refractivity contribution in [3.8, 4) is 0 Å². The first kappa shape index (κ1) is 17.1. The summed E-state index contributed by atoms with van der Waals surface area (Å²) in [5.74, 6) is -1.25. The molecule has 2 N–H and O–H groups in total. The Bertz CT molecular complexity index is 319. The lowest BCUT2D eigenvalue weighted by Gasteiger charge is -2.31. The number of nitrogens with one attached hydrogen (secondary N) is 2. The van der Waals surface area contributed by atoms with Crippen LogP contribution in [0.1, 0.15) is 40.0 Å². The van der Waals surface area contributed by atoms with Gasteiger partial charge in [0.25, 0.3) is 0 Å². The number of amides is 1. The zero-order valence-corrected chi connectivity index (χ0v) is 12.1. The summed E-state index contributed by atoms with van der Waals surface area (Å²) < 4.78 is 42.5. The molecule has 0 aromatic rings. The number of piperidine rings is 1. The average Bonchev–Trinajstić information content (AvgIpc) is 2.26. The fraction of sp³-hybridized carbons (Fsp3) is 0.923. The molecule has 1 aliphatic heterocycles. The predicted octanol–water partition coefficient (Wildman–Crippen LogP) is 2.83. The van der Waals surface area contributed by atoms with Crippen molar-refractivity contribution >= 4 is 6.09 Å². The second kappa shape index (κ2) is 6.65. The lowest BCUT2D eigenvalue weighted by Crippen LogP contribution is -2.45. The molecule has 7 heteroatoms. The Kier molecular flexibility index (Phi) is 5.68. The third kappa shape index (κ3) is 6.45. The van der Waals surface area contributed by atoms with Crippen LogP contribution in [0.3, 0.4) is 0 Å². The van der Waals surface area contributed by atoms with Gasteiger partial charge in [0.15, 0.2) is 0 Å². The number of carbonyl (C=O) groups excluding carboxylic acids is 1. The second-order valence-corrected chi connectivity index (χ2v) is 6.14. The smallest absolute Gasteiger partial charge is 0.407 e. The van der Waals surface area contributed by atoms with Crippen LogP contribution in [-0.2, 0) is 4.74 Å². The molecule has 0 radical (unpaired) electrons. The van der Waals surface area contributed by atoms with Crippen LogP contribution < -0.4 is 10.6 Å². The summed E-state index contributed by atoms with van der Waals surface area (Å²) in [6, 6.07) is 0.0172. The normalized spacial score (nSPS) is 24.3. The van der Waals surface area contributed by atoms with Gasteiger partial charge in [-0.25, -0.2) is 4.79 Å². The lowest BCUT2D eigenvalue weighted by molar-refractivity contribution is -0.179. The van der Waals surface area contributed by atoms with Gasteiger partial charge in [-0.15, -0.1) is 0 Å². The van der Waals surface area contributed by atoms with E-state index in [1.54, 1.807) is 20.8 Å². The number of alkyl carbamates (subject to hydrolysis) is 1. The van der Waals surface area contributed by atoms with Crippen molar-refractivity contribution < 1.29 is 22.7 Å². The van der Waals surface area contributed by atoms with Crippen LogP contribution in [0.25, 0.3) is 0 Å². The molecule has 1 fully saturated rings. The molecule has 4 nitrogen and oxygen atoms in total. The van der Waals surface area contributed by atoms with E-state index < -0.39 is 23.8 Å². The SMILES string of the molecule is CC(C)(C)OC(=O)NCCC1CCC(C(F)(F)F)CN1. The number of alkyl halides is 3. The summed E-state index contributed by atoms with van der Waals surface area (Å²) in [6.45, 7) is 5.66. The fourth-order valence-corrected chi connectivity index (χ4v) is 2.10. The van der Waals surface area contributed by atoms with E-state index in [0.717, 1.165) is 0 Å². The zero-order valence-electron chi connectivity index (χ0n) is 12.1. The lowest BCUT2D eigenvalue weighted by atomic mass is 9.93. The van der Waals surface area contributed by atoms with Crippen molar-refractivity contribution in [3.63, 3.8) is 0 Å². The number of ether oxygens (including phenoxy) is 1. The molecular weight excluding hydrogens is 273 g/mol. The van der Waals surface area contributed by atoms with Crippen LogP contribution in [-0.4, -0.2) is 37.0 Å². The highest BCUT2D eigenvalue weighted by Gasteiger charge is 2.41. The van der Waals surface area contributed by atoms with Gasteiger partial charge in [0, 0.05) is 19.1 Å². The molecule has 0 aliphatic carbocycles. The third-order valence-electron chi connectivity index (χ3n) is 3.14. The summed E-state index contributed by atoms with van der Waals surface area (Å²) in [5.41, 5.74) is -0.549. The van der Waals surface area contributed by atoms with Crippen LogP contribution in [0.15, 0.2) is 0 Å². The minimum absolute atomic E-state index is 0.0172. The summed E-state index contributed by atoms with van der Waals surface area (Å²) >= 11 is 0. The quantitative estimate of drug-likeness (QED) is 0.842. The number of halogens is 3. The van der Waals surface area contributed by atoms with Gasteiger partial charge < -0.3 is 15.4 Å². The van der Waals surface area contributed by atoms with Gasteiger partial charge in [-0.3, -0.25) is 0 Å².